The van der Waals surface area contributed by atoms with E-state index in [1.54, 1.807) is 13.1 Å². The van der Waals surface area contributed by atoms with Gasteiger partial charge in [-0.1, -0.05) is 11.6 Å². The van der Waals surface area contributed by atoms with Crippen LogP contribution in [-0.2, 0) is 9.84 Å². The Kier molecular flexibility index (Phi) is 4.17. The van der Waals surface area contributed by atoms with E-state index in [-0.39, 0.29) is 28.3 Å². The molecule has 2 heterocycles. The van der Waals surface area contributed by atoms with Crippen molar-refractivity contribution in [3.8, 4) is 0 Å². The normalized spacial score (nSPS) is 20.6. The molecule has 1 aliphatic rings. The largest absolute Gasteiger partial charge is 0.336 e. The lowest BCUT2D eigenvalue weighted by Crippen LogP contribution is -2.38. The lowest BCUT2D eigenvalue weighted by molar-refractivity contribution is 0.0742. The van der Waals surface area contributed by atoms with E-state index in [9.17, 15) is 13.2 Å². The quantitative estimate of drug-likeness (QED) is 0.612. The number of rotatable bonds is 3. The van der Waals surface area contributed by atoms with E-state index in [4.69, 9.17) is 17.4 Å². The average molecular weight is 319 g/mol. The summed E-state index contributed by atoms with van der Waals surface area (Å²) >= 11 is 5.96. The zero-order valence-corrected chi connectivity index (χ0v) is 12.4. The van der Waals surface area contributed by atoms with Gasteiger partial charge in [0, 0.05) is 13.1 Å². The monoisotopic (exact) mass is 318 g/mol. The highest BCUT2D eigenvalue weighted by molar-refractivity contribution is 7.91. The maximum atomic E-state index is 12.3. The van der Waals surface area contributed by atoms with Crippen LogP contribution < -0.4 is 11.3 Å². The van der Waals surface area contributed by atoms with Gasteiger partial charge in [0.25, 0.3) is 5.91 Å². The van der Waals surface area contributed by atoms with Gasteiger partial charge in [0.1, 0.15) is 11.5 Å². The number of nitrogens with one attached hydrogen (secondary N) is 1. The van der Waals surface area contributed by atoms with Crippen LogP contribution in [0.5, 0.6) is 0 Å². The fourth-order valence-electron chi connectivity index (χ4n) is 2.09. The van der Waals surface area contributed by atoms with Gasteiger partial charge in [0.15, 0.2) is 9.84 Å². The standard InChI is InChI=1S/C11H15ClN4O3S/c1-16(7-4-5-20(18,19)6-7)11(17)10-8(12)2-3-9(14-10)15-13/h2-3,7H,4-6,13H2,1H3,(H,14,15). The third kappa shape index (κ3) is 3.02. The van der Waals surface area contributed by atoms with Crippen LogP contribution in [0.25, 0.3) is 0 Å². The minimum atomic E-state index is -3.06. The summed E-state index contributed by atoms with van der Waals surface area (Å²) in [5.41, 5.74) is 2.38. The van der Waals surface area contributed by atoms with Crippen molar-refractivity contribution in [3.63, 3.8) is 0 Å². The van der Waals surface area contributed by atoms with Crippen molar-refractivity contribution in [2.24, 2.45) is 5.84 Å². The predicted molar refractivity (Wildman–Crippen MR) is 76.2 cm³/mol. The zero-order valence-electron chi connectivity index (χ0n) is 10.8. The molecular formula is C11H15ClN4O3S. The van der Waals surface area contributed by atoms with Crippen molar-refractivity contribution in [1.29, 1.82) is 0 Å². The molecule has 20 heavy (non-hydrogen) atoms. The van der Waals surface area contributed by atoms with Gasteiger partial charge < -0.3 is 10.3 Å². The lowest BCUT2D eigenvalue weighted by Gasteiger charge is -2.23. The molecule has 0 bridgehead atoms. The first kappa shape index (κ1) is 15.0. The fourth-order valence-corrected chi connectivity index (χ4v) is 4.05. The van der Waals surface area contributed by atoms with Gasteiger partial charge in [-0.05, 0) is 18.6 Å². The number of carbonyl (C=O) groups excluding carboxylic acids is 1. The van der Waals surface area contributed by atoms with Crippen LogP contribution in [0.1, 0.15) is 16.9 Å². The van der Waals surface area contributed by atoms with Gasteiger partial charge in [-0.2, -0.15) is 0 Å². The molecule has 1 aromatic heterocycles. The Hall–Kier alpha value is -1.38. The number of hydrazine groups is 1. The van der Waals surface area contributed by atoms with Crippen molar-refractivity contribution < 1.29 is 13.2 Å². The number of amides is 1. The summed E-state index contributed by atoms with van der Waals surface area (Å²) < 4.78 is 22.9. The number of nitrogens with zero attached hydrogens (tertiary/aromatic N) is 2. The molecule has 1 fully saturated rings. The Balaban J connectivity index is 2.23. The van der Waals surface area contributed by atoms with Crippen molar-refractivity contribution in [1.82, 2.24) is 9.88 Å². The molecule has 9 heteroatoms. The third-order valence-electron chi connectivity index (χ3n) is 3.27. The first-order valence-electron chi connectivity index (χ1n) is 5.95. The van der Waals surface area contributed by atoms with E-state index in [1.165, 1.54) is 11.0 Å². The molecule has 1 aromatic rings. The summed E-state index contributed by atoms with van der Waals surface area (Å²) in [5, 5.41) is 0.196. The van der Waals surface area contributed by atoms with Crippen LogP contribution in [-0.4, -0.2) is 48.8 Å². The first-order chi connectivity index (χ1) is 9.34. The highest BCUT2D eigenvalue weighted by Gasteiger charge is 2.34. The highest BCUT2D eigenvalue weighted by atomic mass is 35.5. The van der Waals surface area contributed by atoms with Gasteiger partial charge >= 0.3 is 0 Å². The SMILES string of the molecule is CN(C(=O)c1nc(NN)ccc1Cl)C1CCS(=O)(=O)C1. The van der Waals surface area contributed by atoms with E-state index in [0.29, 0.717) is 12.2 Å². The minimum absolute atomic E-state index is 0.0261. The number of pyridine rings is 1. The second kappa shape index (κ2) is 5.55. The van der Waals surface area contributed by atoms with Crippen LogP contribution >= 0.6 is 11.6 Å². The van der Waals surface area contributed by atoms with Crippen molar-refractivity contribution in [2.45, 2.75) is 12.5 Å². The Morgan fingerprint density at radius 3 is 2.80 bits per heavy atom. The number of hydrogen-bond acceptors (Lipinski definition) is 6. The van der Waals surface area contributed by atoms with Crippen molar-refractivity contribution >= 4 is 33.2 Å². The summed E-state index contributed by atoms with van der Waals surface area (Å²) in [6.07, 6.45) is 0.428. The second-order valence-corrected chi connectivity index (χ2v) is 7.28. The number of halogens is 1. The number of nitrogens with two attached hydrogens (primary N) is 1. The molecule has 3 N–H and O–H groups in total. The molecule has 0 aliphatic carbocycles. The minimum Gasteiger partial charge on any atom is -0.336 e. The summed E-state index contributed by atoms with van der Waals surface area (Å²) in [7, 11) is -1.51. The summed E-state index contributed by atoms with van der Waals surface area (Å²) in [6, 6.07) is 2.70. The number of carbonyl (C=O) groups is 1. The van der Waals surface area contributed by atoms with Gasteiger partial charge in [-0.15, -0.1) is 0 Å². The molecule has 0 aromatic carbocycles. The van der Waals surface area contributed by atoms with Crippen LogP contribution in [0.15, 0.2) is 12.1 Å². The average Bonchev–Trinajstić information content (AvgIpc) is 2.78. The zero-order chi connectivity index (χ0) is 14.9. The number of sulfone groups is 1. The Bertz CT molecular complexity index is 635. The highest BCUT2D eigenvalue weighted by Crippen LogP contribution is 2.22. The molecule has 110 valence electrons. The third-order valence-corrected chi connectivity index (χ3v) is 5.33. The molecular weight excluding hydrogens is 304 g/mol. The number of nitrogen functional groups attached to an aromatic ring is 1. The topological polar surface area (TPSA) is 105 Å². The maximum Gasteiger partial charge on any atom is 0.274 e. The van der Waals surface area contributed by atoms with Gasteiger partial charge in [0.2, 0.25) is 0 Å². The Morgan fingerprint density at radius 1 is 1.55 bits per heavy atom. The lowest BCUT2D eigenvalue weighted by atomic mass is 10.2. The summed E-state index contributed by atoms with van der Waals surface area (Å²) in [6.45, 7) is 0. The maximum absolute atomic E-state index is 12.3. The predicted octanol–water partition coefficient (Wildman–Crippen LogP) is 0.280. The van der Waals surface area contributed by atoms with Gasteiger partial charge in [-0.3, -0.25) is 4.79 Å². The molecule has 0 radical (unpaired) electrons. The molecule has 0 spiro atoms. The van der Waals surface area contributed by atoms with E-state index in [2.05, 4.69) is 10.4 Å². The molecule has 0 saturated carbocycles. The summed E-state index contributed by atoms with van der Waals surface area (Å²) in [4.78, 5) is 17.7. The molecule has 1 saturated heterocycles. The Morgan fingerprint density at radius 2 is 2.25 bits per heavy atom. The molecule has 7 nitrogen and oxygen atoms in total. The number of aromatic nitrogens is 1. The number of anilines is 1. The molecule has 1 unspecified atom stereocenters. The Labute approximate surface area is 122 Å². The van der Waals surface area contributed by atoms with Crippen LogP contribution in [0, 0.1) is 0 Å². The summed E-state index contributed by atoms with van der Waals surface area (Å²) in [5.74, 6) is 5.20. The van der Waals surface area contributed by atoms with E-state index < -0.39 is 15.7 Å². The molecule has 1 aliphatic heterocycles. The van der Waals surface area contributed by atoms with E-state index in [0.717, 1.165) is 0 Å². The van der Waals surface area contributed by atoms with Crippen molar-refractivity contribution in [2.75, 3.05) is 24.0 Å². The van der Waals surface area contributed by atoms with E-state index in [1.807, 2.05) is 0 Å². The molecule has 2 rings (SSSR count). The smallest absolute Gasteiger partial charge is 0.274 e. The van der Waals surface area contributed by atoms with Crippen molar-refractivity contribution in [3.05, 3.63) is 22.8 Å². The second-order valence-electron chi connectivity index (χ2n) is 4.64. The van der Waals surface area contributed by atoms with Crippen LogP contribution in [0.2, 0.25) is 5.02 Å². The van der Waals surface area contributed by atoms with Gasteiger partial charge in [0.05, 0.1) is 16.5 Å². The molecule has 1 atom stereocenters. The first-order valence-corrected chi connectivity index (χ1v) is 8.15. The van der Waals surface area contributed by atoms with Crippen LogP contribution in [0.3, 0.4) is 0 Å². The number of hydrogen-bond donors (Lipinski definition) is 2. The molecule has 1 amide bonds. The van der Waals surface area contributed by atoms with Crippen LogP contribution in [0.4, 0.5) is 5.82 Å². The fraction of sp³-hybridized carbons (Fsp3) is 0.455. The van der Waals surface area contributed by atoms with Gasteiger partial charge in [-0.25, -0.2) is 19.2 Å². The van der Waals surface area contributed by atoms with E-state index >= 15 is 0 Å².